The van der Waals surface area contributed by atoms with E-state index in [4.69, 9.17) is 4.74 Å². The number of hydrogen-bond acceptors (Lipinski definition) is 7. The minimum absolute atomic E-state index is 0.0618. The van der Waals surface area contributed by atoms with Crippen LogP contribution < -0.4 is 9.11 Å². The van der Waals surface area contributed by atoms with Crippen molar-refractivity contribution in [1.29, 1.82) is 0 Å². The van der Waals surface area contributed by atoms with Crippen LogP contribution in [0.4, 0.5) is 5.69 Å². The molecular formula is C27H29N3O6S3. The van der Waals surface area contributed by atoms with Crippen molar-refractivity contribution in [2.75, 3.05) is 30.3 Å². The van der Waals surface area contributed by atoms with Gasteiger partial charge in [-0.1, -0.05) is 29.5 Å². The number of benzene rings is 3. The van der Waals surface area contributed by atoms with Crippen molar-refractivity contribution in [1.82, 2.24) is 4.57 Å². The van der Waals surface area contributed by atoms with Gasteiger partial charge < -0.3 is 9.30 Å². The molecule has 206 valence electrons. The summed E-state index contributed by atoms with van der Waals surface area (Å²) in [5.74, 6) is -0.547. The van der Waals surface area contributed by atoms with Gasteiger partial charge in [-0.3, -0.25) is 9.10 Å². The van der Waals surface area contributed by atoms with Crippen molar-refractivity contribution in [3.63, 3.8) is 0 Å². The summed E-state index contributed by atoms with van der Waals surface area (Å²) in [5, 5.41) is 0. The van der Waals surface area contributed by atoms with E-state index in [1.54, 1.807) is 43.3 Å². The second-order valence-corrected chi connectivity index (χ2v) is 13.5. The fraction of sp³-hybridized carbons (Fsp3) is 0.259. The van der Waals surface area contributed by atoms with E-state index in [0.29, 0.717) is 34.9 Å². The molecule has 0 atom stereocenters. The zero-order chi connectivity index (χ0) is 28.2. The molecule has 1 amide bonds. The number of sulfone groups is 1. The molecule has 39 heavy (non-hydrogen) atoms. The zero-order valence-corrected chi connectivity index (χ0v) is 24.2. The van der Waals surface area contributed by atoms with Crippen molar-refractivity contribution in [2.24, 2.45) is 4.99 Å². The van der Waals surface area contributed by atoms with Crippen LogP contribution in [-0.2, 0) is 31.1 Å². The summed E-state index contributed by atoms with van der Waals surface area (Å²) in [5.41, 5.74) is 1.51. The van der Waals surface area contributed by atoms with Gasteiger partial charge in [0.25, 0.3) is 15.9 Å². The number of sulfonamides is 1. The molecule has 0 saturated heterocycles. The van der Waals surface area contributed by atoms with E-state index in [0.717, 1.165) is 11.8 Å². The van der Waals surface area contributed by atoms with Gasteiger partial charge in [-0.15, -0.1) is 0 Å². The summed E-state index contributed by atoms with van der Waals surface area (Å²) >= 11 is 1.20. The fourth-order valence-electron chi connectivity index (χ4n) is 4.02. The molecule has 0 aliphatic heterocycles. The van der Waals surface area contributed by atoms with Crippen molar-refractivity contribution in [3.8, 4) is 0 Å². The first-order chi connectivity index (χ1) is 18.6. The molecule has 0 bridgehead atoms. The van der Waals surface area contributed by atoms with Crippen LogP contribution in [0.25, 0.3) is 10.2 Å². The standard InChI is InChI=1S/C27H29N3O6S3/c1-4-30(21-9-7-6-8-10-21)39(34,35)22-13-11-20(12-14-22)26(31)28-27-29(17-18-36-5-2)24-16-15-23(38(3,32)33)19-25(24)37-27/h6-16,19H,4-5,17-18H2,1-3H3. The Labute approximate surface area is 232 Å². The van der Waals surface area contributed by atoms with Gasteiger partial charge in [0.2, 0.25) is 0 Å². The fourth-order valence-corrected chi connectivity index (χ4v) is 7.31. The minimum Gasteiger partial charge on any atom is -0.380 e. The molecule has 0 radical (unpaired) electrons. The SMILES string of the molecule is CCOCCn1c(=NC(=O)c2ccc(S(=O)(=O)N(CC)c3ccccc3)cc2)sc2cc(S(C)(=O)=O)ccc21. The average Bonchev–Trinajstić information content (AvgIpc) is 3.25. The second-order valence-electron chi connectivity index (χ2n) is 8.58. The van der Waals surface area contributed by atoms with Crippen molar-refractivity contribution >= 4 is 53.0 Å². The van der Waals surface area contributed by atoms with Crippen LogP contribution >= 0.6 is 11.3 Å². The largest absolute Gasteiger partial charge is 0.380 e. The number of para-hydroxylation sites is 1. The Balaban J connectivity index is 1.69. The molecular weight excluding hydrogens is 559 g/mol. The number of hydrogen-bond donors (Lipinski definition) is 0. The van der Waals surface area contributed by atoms with E-state index >= 15 is 0 Å². The first kappa shape index (κ1) is 28.7. The molecule has 0 unspecified atom stereocenters. The molecule has 1 aromatic heterocycles. The molecule has 1 heterocycles. The summed E-state index contributed by atoms with van der Waals surface area (Å²) < 4.78 is 59.9. The smallest absolute Gasteiger partial charge is 0.279 e. The van der Waals surface area contributed by atoms with Crippen molar-refractivity contribution in [2.45, 2.75) is 30.2 Å². The first-order valence-corrected chi connectivity index (χ1v) is 16.4. The van der Waals surface area contributed by atoms with Gasteiger partial charge in [0.05, 0.1) is 32.3 Å². The third kappa shape index (κ3) is 6.30. The Bertz CT molecular complexity index is 1760. The molecule has 3 aromatic carbocycles. The van der Waals surface area contributed by atoms with E-state index in [9.17, 15) is 21.6 Å². The number of rotatable bonds is 10. The Hall–Kier alpha value is -3.32. The predicted octanol–water partition coefficient (Wildman–Crippen LogP) is 4.10. The van der Waals surface area contributed by atoms with Crippen LogP contribution in [0, 0.1) is 0 Å². The summed E-state index contributed by atoms with van der Waals surface area (Å²) in [6, 6.07) is 19.3. The Kier molecular flexibility index (Phi) is 8.70. The van der Waals surface area contributed by atoms with Gasteiger partial charge in [0, 0.05) is 31.5 Å². The Morgan fingerprint density at radius 2 is 1.62 bits per heavy atom. The lowest BCUT2D eigenvalue weighted by atomic mass is 10.2. The highest BCUT2D eigenvalue weighted by Crippen LogP contribution is 2.24. The summed E-state index contributed by atoms with van der Waals surface area (Å²) in [4.78, 5) is 18.0. The normalized spacial score (nSPS) is 12.6. The third-order valence-electron chi connectivity index (χ3n) is 5.96. The number of aromatic nitrogens is 1. The topological polar surface area (TPSA) is 115 Å². The van der Waals surface area contributed by atoms with E-state index in [1.165, 1.54) is 46.0 Å². The lowest BCUT2D eigenvalue weighted by Gasteiger charge is -2.22. The highest BCUT2D eigenvalue weighted by atomic mass is 32.2. The average molecular weight is 588 g/mol. The zero-order valence-electron chi connectivity index (χ0n) is 21.8. The van der Waals surface area contributed by atoms with Gasteiger partial charge in [-0.05, 0) is 68.4 Å². The highest BCUT2D eigenvalue weighted by molar-refractivity contribution is 7.92. The minimum atomic E-state index is -3.83. The second kappa shape index (κ2) is 11.8. The molecule has 4 rings (SSSR count). The van der Waals surface area contributed by atoms with Crippen LogP contribution in [0.15, 0.2) is 87.6 Å². The van der Waals surface area contributed by atoms with Crippen LogP contribution in [-0.4, -0.2) is 53.3 Å². The Morgan fingerprint density at radius 1 is 0.949 bits per heavy atom. The molecule has 0 aliphatic rings. The number of thiazole rings is 1. The van der Waals surface area contributed by atoms with Crippen molar-refractivity contribution in [3.05, 3.63) is 83.2 Å². The lowest BCUT2D eigenvalue weighted by Crippen LogP contribution is -2.30. The number of carbonyl (C=O) groups is 1. The van der Waals surface area contributed by atoms with Crippen LogP contribution in [0.5, 0.6) is 0 Å². The highest BCUT2D eigenvalue weighted by Gasteiger charge is 2.24. The van der Waals surface area contributed by atoms with E-state index in [-0.39, 0.29) is 21.9 Å². The van der Waals surface area contributed by atoms with Crippen LogP contribution in [0.1, 0.15) is 24.2 Å². The van der Waals surface area contributed by atoms with Gasteiger partial charge in [-0.2, -0.15) is 4.99 Å². The van der Waals surface area contributed by atoms with Gasteiger partial charge >= 0.3 is 0 Å². The maximum absolute atomic E-state index is 13.3. The van der Waals surface area contributed by atoms with E-state index in [2.05, 4.69) is 4.99 Å². The first-order valence-electron chi connectivity index (χ1n) is 12.2. The van der Waals surface area contributed by atoms with Gasteiger partial charge in [-0.25, -0.2) is 16.8 Å². The third-order valence-corrected chi connectivity index (χ3v) is 10.0. The van der Waals surface area contributed by atoms with Gasteiger partial charge in [0.1, 0.15) is 0 Å². The molecule has 9 nitrogen and oxygen atoms in total. The van der Waals surface area contributed by atoms with E-state index < -0.39 is 25.8 Å². The molecule has 0 N–H and O–H groups in total. The van der Waals surface area contributed by atoms with E-state index in [1.807, 2.05) is 17.6 Å². The lowest BCUT2D eigenvalue weighted by molar-refractivity contribution is 0.0996. The number of anilines is 1. The molecule has 0 aliphatic carbocycles. The molecule has 12 heteroatoms. The Morgan fingerprint density at radius 3 is 2.23 bits per heavy atom. The number of ether oxygens (including phenoxy) is 1. The maximum atomic E-state index is 13.3. The number of carbonyl (C=O) groups excluding carboxylic acids is 1. The summed E-state index contributed by atoms with van der Waals surface area (Å²) in [6.07, 6.45) is 1.14. The van der Waals surface area contributed by atoms with Gasteiger partial charge in [0.15, 0.2) is 14.6 Å². The summed E-state index contributed by atoms with van der Waals surface area (Å²) in [7, 11) is -7.24. The van der Waals surface area contributed by atoms with Crippen LogP contribution in [0.2, 0.25) is 0 Å². The predicted molar refractivity (Wildman–Crippen MR) is 152 cm³/mol. The monoisotopic (exact) mass is 587 g/mol. The number of fused-ring (bicyclic) bond motifs is 1. The number of nitrogens with zero attached hydrogens (tertiary/aromatic N) is 3. The summed E-state index contributed by atoms with van der Waals surface area (Å²) in [6.45, 7) is 5.22. The number of amides is 1. The molecule has 0 spiro atoms. The quantitative estimate of drug-likeness (QED) is 0.258. The molecule has 0 saturated carbocycles. The molecule has 4 aromatic rings. The van der Waals surface area contributed by atoms with Crippen LogP contribution in [0.3, 0.4) is 0 Å². The van der Waals surface area contributed by atoms with Crippen molar-refractivity contribution < 1.29 is 26.4 Å². The molecule has 0 fully saturated rings. The maximum Gasteiger partial charge on any atom is 0.279 e.